The molecular weight excluding hydrogens is 403 g/mol. The smallest absolute Gasteiger partial charge is 0.329 e. The maximum atomic E-state index is 11.7. The average Bonchev–Trinajstić information content (AvgIpc) is 2.66. The predicted molar refractivity (Wildman–Crippen MR) is 112 cm³/mol. The van der Waals surface area contributed by atoms with Gasteiger partial charge in [-0.3, -0.25) is 9.59 Å². The van der Waals surface area contributed by atoms with Gasteiger partial charge in [-0.05, 0) is 42.8 Å². The number of methoxy groups -OCH3 is 1. The largest absolute Gasteiger partial charge is 0.383 e. The first-order chi connectivity index (χ1) is 13.4. The van der Waals surface area contributed by atoms with Crippen LogP contribution in [-0.4, -0.2) is 38.3 Å². The van der Waals surface area contributed by atoms with Crippen molar-refractivity contribution in [3.8, 4) is 0 Å². The van der Waals surface area contributed by atoms with E-state index in [4.69, 9.17) is 27.9 Å². The Morgan fingerprint density at radius 3 is 2.64 bits per heavy atom. The lowest BCUT2D eigenvalue weighted by molar-refractivity contribution is -0.139. The number of anilines is 2. The highest BCUT2D eigenvalue weighted by Gasteiger charge is 2.11. The molecule has 148 valence electrons. The number of benzene rings is 2. The highest BCUT2D eigenvalue weighted by molar-refractivity contribution is 6.35. The van der Waals surface area contributed by atoms with E-state index in [-0.39, 0.29) is 6.54 Å². The molecule has 2 aromatic rings. The zero-order chi connectivity index (χ0) is 20.5. The third-order valence-corrected chi connectivity index (χ3v) is 4.27. The summed E-state index contributed by atoms with van der Waals surface area (Å²) in [5.41, 5.74) is 5.24. The number of halogens is 2. The van der Waals surface area contributed by atoms with Crippen molar-refractivity contribution in [2.24, 2.45) is 5.10 Å². The maximum Gasteiger partial charge on any atom is 0.329 e. The van der Waals surface area contributed by atoms with Gasteiger partial charge >= 0.3 is 11.8 Å². The summed E-state index contributed by atoms with van der Waals surface area (Å²) in [6, 6.07) is 10.8. The van der Waals surface area contributed by atoms with E-state index in [0.29, 0.717) is 27.9 Å². The molecule has 0 fully saturated rings. The van der Waals surface area contributed by atoms with E-state index >= 15 is 0 Å². The molecule has 28 heavy (non-hydrogen) atoms. The maximum absolute atomic E-state index is 11.7. The number of amides is 2. The Bertz CT molecular complexity index is 887. The molecule has 0 atom stereocenters. The van der Waals surface area contributed by atoms with Crippen molar-refractivity contribution >= 4 is 52.6 Å². The van der Waals surface area contributed by atoms with Crippen molar-refractivity contribution in [2.75, 3.05) is 25.6 Å². The number of ether oxygens (including phenoxy) is 1. The van der Waals surface area contributed by atoms with Crippen LogP contribution in [0.1, 0.15) is 11.1 Å². The third-order valence-electron chi connectivity index (χ3n) is 3.63. The number of carbonyl (C=O) groups is 2. The van der Waals surface area contributed by atoms with Crippen LogP contribution in [0.3, 0.4) is 0 Å². The summed E-state index contributed by atoms with van der Waals surface area (Å²) in [6.07, 6.45) is 1.39. The number of hydrogen-bond acceptors (Lipinski definition) is 5. The quantitative estimate of drug-likeness (QED) is 0.276. The minimum absolute atomic E-state index is 0.230. The number of aryl methyl sites for hydroxylation is 1. The van der Waals surface area contributed by atoms with Crippen LogP contribution in [0.25, 0.3) is 0 Å². The summed E-state index contributed by atoms with van der Waals surface area (Å²) >= 11 is 12.2. The number of carbonyl (C=O) groups excluding carboxylic acids is 2. The van der Waals surface area contributed by atoms with E-state index in [2.05, 4.69) is 21.2 Å². The predicted octanol–water partition coefficient (Wildman–Crippen LogP) is 3.26. The summed E-state index contributed by atoms with van der Waals surface area (Å²) in [6.45, 7) is 2.46. The Morgan fingerprint density at radius 2 is 1.93 bits per heavy atom. The van der Waals surface area contributed by atoms with Crippen molar-refractivity contribution in [3.05, 3.63) is 57.6 Å². The molecule has 0 aliphatic heterocycles. The fourth-order valence-electron chi connectivity index (χ4n) is 2.14. The van der Waals surface area contributed by atoms with E-state index in [1.165, 1.54) is 13.3 Å². The molecular formula is C19H20Cl2N4O3. The van der Waals surface area contributed by atoms with Crippen molar-refractivity contribution in [1.29, 1.82) is 0 Å². The van der Waals surface area contributed by atoms with E-state index in [9.17, 15) is 9.59 Å². The average molecular weight is 423 g/mol. The van der Waals surface area contributed by atoms with Gasteiger partial charge in [0.05, 0.1) is 12.8 Å². The van der Waals surface area contributed by atoms with Gasteiger partial charge in [0.15, 0.2) is 0 Å². The van der Waals surface area contributed by atoms with E-state index in [0.717, 1.165) is 11.3 Å². The fraction of sp³-hybridized carbons (Fsp3) is 0.211. The topological polar surface area (TPSA) is 91.8 Å². The molecule has 0 aliphatic rings. The van der Waals surface area contributed by atoms with Gasteiger partial charge in [-0.1, -0.05) is 29.3 Å². The molecule has 0 spiro atoms. The molecule has 3 N–H and O–H groups in total. The van der Waals surface area contributed by atoms with Crippen LogP contribution in [-0.2, 0) is 14.3 Å². The van der Waals surface area contributed by atoms with Gasteiger partial charge in [-0.2, -0.15) is 5.10 Å². The molecule has 0 radical (unpaired) electrons. The lowest BCUT2D eigenvalue weighted by Gasteiger charge is -2.11. The van der Waals surface area contributed by atoms with Gasteiger partial charge in [0, 0.05) is 40.6 Å². The molecule has 2 aromatic carbocycles. The number of nitrogens with zero attached hydrogens (tertiary/aromatic N) is 1. The van der Waals surface area contributed by atoms with Crippen molar-refractivity contribution < 1.29 is 14.3 Å². The van der Waals surface area contributed by atoms with Crippen molar-refractivity contribution in [1.82, 2.24) is 10.7 Å². The highest BCUT2D eigenvalue weighted by Crippen LogP contribution is 2.26. The van der Waals surface area contributed by atoms with Crippen molar-refractivity contribution in [3.63, 3.8) is 0 Å². The molecule has 9 heteroatoms. The molecule has 0 unspecified atom stereocenters. The zero-order valence-electron chi connectivity index (χ0n) is 15.4. The number of hydrazone groups is 1. The minimum atomic E-state index is -0.880. The Labute approximate surface area is 173 Å². The number of hydrogen-bond donors (Lipinski definition) is 3. The summed E-state index contributed by atoms with van der Waals surface area (Å²) in [7, 11) is 1.50. The summed E-state index contributed by atoms with van der Waals surface area (Å²) < 4.78 is 4.79. The molecule has 0 bridgehead atoms. The zero-order valence-corrected chi connectivity index (χ0v) is 16.9. The molecule has 0 aromatic heterocycles. The first kappa shape index (κ1) is 21.7. The van der Waals surface area contributed by atoms with Crippen LogP contribution in [0.4, 0.5) is 11.4 Å². The van der Waals surface area contributed by atoms with Crippen LogP contribution in [0.2, 0.25) is 10.0 Å². The molecule has 2 amide bonds. The Morgan fingerprint density at radius 1 is 1.14 bits per heavy atom. The summed E-state index contributed by atoms with van der Waals surface area (Å²) in [5.74, 6) is -1.68. The molecule has 2 rings (SSSR count). The lowest BCUT2D eigenvalue weighted by atomic mass is 10.1. The molecule has 0 saturated carbocycles. The molecule has 0 saturated heterocycles. The van der Waals surface area contributed by atoms with Gasteiger partial charge < -0.3 is 15.4 Å². The first-order valence-corrected chi connectivity index (χ1v) is 9.09. The molecule has 7 nitrogen and oxygen atoms in total. The monoisotopic (exact) mass is 422 g/mol. The lowest BCUT2D eigenvalue weighted by Crippen LogP contribution is -2.39. The SMILES string of the molecule is COCCNC(=O)C(=O)N/N=C\c1cc(Cl)ccc1Nc1ccc(C)c(Cl)c1. The Balaban J connectivity index is 2.07. The Kier molecular flexibility index (Phi) is 8.25. The van der Waals surface area contributed by atoms with E-state index in [1.54, 1.807) is 24.3 Å². The molecule has 0 aliphatic carbocycles. The van der Waals surface area contributed by atoms with E-state index < -0.39 is 11.8 Å². The van der Waals surface area contributed by atoms with Crippen molar-refractivity contribution in [2.45, 2.75) is 6.92 Å². The van der Waals surface area contributed by atoms with E-state index in [1.807, 2.05) is 19.1 Å². The van der Waals surface area contributed by atoms with Gasteiger partial charge in [0.1, 0.15) is 0 Å². The number of rotatable bonds is 7. The fourth-order valence-corrected chi connectivity index (χ4v) is 2.50. The molecule has 0 heterocycles. The summed E-state index contributed by atoms with van der Waals surface area (Å²) in [5, 5.41) is 10.6. The Hall–Kier alpha value is -2.61. The van der Waals surface area contributed by atoms with Crippen LogP contribution < -0.4 is 16.1 Å². The normalized spacial score (nSPS) is 10.7. The minimum Gasteiger partial charge on any atom is -0.383 e. The van der Waals surface area contributed by atoms with Gasteiger partial charge in [0.25, 0.3) is 0 Å². The number of nitrogens with one attached hydrogen (secondary N) is 3. The second-order valence-electron chi connectivity index (χ2n) is 5.77. The van der Waals surface area contributed by atoms with Gasteiger partial charge in [-0.15, -0.1) is 0 Å². The highest BCUT2D eigenvalue weighted by atomic mass is 35.5. The third kappa shape index (κ3) is 6.53. The van der Waals surface area contributed by atoms with Crippen LogP contribution in [0, 0.1) is 6.92 Å². The van der Waals surface area contributed by atoms with Gasteiger partial charge in [0.2, 0.25) is 0 Å². The second kappa shape index (κ2) is 10.7. The van der Waals surface area contributed by atoms with Crippen LogP contribution in [0.15, 0.2) is 41.5 Å². The van der Waals surface area contributed by atoms with Crippen LogP contribution in [0.5, 0.6) is 0 Å². The second-order valence-corrected chi connectivity index (χ2v) is 6.61. The standard InChI is InChI=1S/C19H20Cl2N4O3/c1-12-3-5-15(10-16(12)21)24-17-6-4-14(20)9-13(17)11-23-25-19(27)18(26)22-7-8-28-2/h3-6,9-11,24H,7-8H2,1-2H3,(H,22,26)(H,25,27)/b23-11-. The van der Waals surface area contributed by atoms with Gasteiger partial charge in [-0.25, -0.2) is 5.43 Å². The van der Waals surface area contributed by atoms with Crippen LogP contribution >= 0.6 is 23.2 Å². The summed E-state index contributed by atoms with van der Waals surface area (Å²) in [4.78, 5) is 23.3. The first-order valence-electron chi connectivity index (χ1n) is 8.33.